The van der Waals surface area contributed by atoms with Gasteiger partial charge in [0.1, 0.15) is 5.82 Å². The number of carbonyl (C=O) groups is 2. The standard InChI is InChI=1S/C28H29FN4O2/c1-19-26(6-3-13-30-19)33-17-23(18-33)27(34)31-25-9-7-20(8-10-25)21-11-14-32(15-12-21)28(35)22-4-2-5-24(29)16-22/h2-10,13,16,21,23H,11-12,14-15,17-18H2,1H3,(H,31,34). The number of amides is 2. The zero-order valence-electron chi connectivity index (χ0n) is 19.8. The molecule has 5 rings (SSSR count). The number of carbonyl (C=O) groups excluding carboxylic acids is 2. The van der Waals surface area contributed by atoms with Crippen molar-refractivity contribution in [3.8, 4) is 0 Å². The van der Waals surface area contributed by atoms with Crippen molar-refractivity contribution < 1.29 is 14.0 Å². The van der Waals surface area contributed by atoms with Crippen LogP contribution in [0.15, 0.2) is 66.9 Å². The van der Waals surface area contributed by atoms with Gasteiger partial charge in [0.2, 0.25) is 5.91 Å². The molecule has 0 atom stereocenters. The van der Waals surface area contributed by atoms with E-state index in [1.165, 1.54) is 17.7 Å². The summed E-state index contributed by atoms with van der Waals surface area (Å²) in [6, 6.07) is 17.9. The number of nitrogens with one attached hydrogen (secondary N) is 1. The van der Waals surface area contributed by atoms with Crippen molar-refractivity contribution >= 4 is 23.2 Å². The molecule has 2 amide bonds. The Labute approximate surface area is 204 Å². The molecule has 0 spiro atoms. The molecule has 2 fully saturated rings. The van der Waals surface area contributed by atoms with E-state index in [0.717, 1.165) is 29.9 Å². The number of halogens is 1. The number of anilines is 2. The molecule has 2 aliphatic rings. The molecule has 1 N–H and O–H groups in total. The second-order valence-corrected chi connectivity index (χ2v) is 9.40. The Hall–Kier alpha value is -3.74. The molecule has 180 valence electrons. The maximum absolute atomic E-state index is 13.5. The van der Waals surface area contributed by atoms with Crippen molar-refractivity contribution in [3.63, 3.8) is 0 Å². The van der Waals surface area contributed by atoms with Crippen LogP contribution in [0.2, 0.25) is 0 Å². The second kappa shape index (κ2) is 9.86. The number of hydrogen-bond donors (Lipinski definition) is 1. The number of benzene rings is 2. The summed E-state index contributed by atoms with van der Waals surface area (Å²) >= 11 is 0. The van der Waals surface area contributed by atoms with Gasteiger partial charge in [-0.15, -0.1) is 0 Å². The Balaban J connectivity index is 1.11. The number of nitrogens with zero attached hydrogens (tertiary/aromatic N) is 3. The first-order valence-corrected chi connectivity index (χ1v) is 12.1. The lowest BCUT2D eigenvalue weighted by Gasteiger charge is -2.40. The fraction of sp³-hybridized carbons (Fsp3) is 0.321. The van der Waals surface area contributed by atoms with E-state index in [1.54, 1.807) is 23.2 Å². The van der Waals surface area contributed by atoms with Gasteiger partial charge in [0.25, 0.3) is 5.91 Å². The molecule has 0 radical (unpaired) electrons. The van der Waals surface area contributed by atoms with Crippen LogP contribution < -0.4 is 10.2 Å². The van der Waals surface area contributed by atoms with Crippen LogP contribution in [0.4, 0.5) is 15.8 Å². The van der Waals surface area contributed by atoms with Gasteiger partial charge in [-0.3, -0.25) is 14.6 Å². The summed E-state index contributed by atoms with van der Waals surface area (Å²) in [5, 5.41) is 3.04. The van der Waals surface area contributed by atoms with Crippen LogP contribution in [0, 0.1) is 18.7 Å². The van der Waals surface area contributed by atoms with Gasteiger partial charge in [0.15, 0.2) is 0 Å². The minimum absolute atomic E-state index is 0.0331. The quantitative estimate of drug-likeness (QED) is 0.588. The Bertz CT molecular complexity index is 1220. The van der Waals surface area contributed by atoms with Gasteiger partial charge in [-0.05, 0) is 73.7 Å². The van der Waals surface area contributed by atoms with Crippen LogP contribution in [-0.4, -0.2) is 47.9 Å². The third-order valence-corrected chi connectivity index (χ3v) is 7.08. The van der Waals surface area contributed by atoms with Gasteiger partial charge in [0.05, 0.1) is 17.3 Å². The maximum atomic E-state index is 13.5. The molecule has 7 heteroatoms. The third kappa shape index (κ3) is 5.04. The van der Waals surface area contributed by atoms with E-state index >= 15 is 0 Å². The molecule has 0 unspecified atom stereocenters. The lowest BCUT2D eigenvalue weighted by atomic mass is 9.89. The predicted octanol–water partition coefficient (Wildman–Crippen LogP) is 4.62. The lowest BCUT2D eigenvalue weighted by molar-refractivity contribution is -0.120. The molecule has 1 aromatic heterocycles. The van der Waals surface area contributed by atoms with E-state index in [2.05, 4.69) is 27.3 Å². The van der Waals surface area contributed by atoms with E-state index in [1.807, 2.05) is 31.2 Å². The van der Waals surface area contributed by atoms with Gasteiger partial charge in [-0.1, -0.05) is 18.2 Å². The SMILES string of the molecule is Cc1ncccc1N1CC(C(=O)Nc2ccc(C3CCN(C(=O)c4cccc(F)c4)CC3)cc2)C1. The fourth-order valence-electron chi connectivity index (χ4n) is 4.95. The number of rotatable bonds is 5. The number of aryl methyl sites for hydroxylation is 1. The zero-order chi connectivity index (χ0) is 24.4. The first kappa shape index (κ1) is 23.0. The average molecular weight is 473 g/mol. The number of pyridine rings is 1. The van der Waals surface area contributed by atoms with Crippen molar-refractivity contribution in [2.75, 3.05) is 36.4 Å². The first-order chi connectivity index (χ1) is 17.0. The molecule has 0 saturated carbocycles. The summed E-state index contributed by atoms with van der Waals surface area (Å²) in [6.45, 7) is 4.67. The normalized spacial score (nSPS) is 16.6. The van der Waals surface area contributed by atoms with E-state index in [-0.39, 0.29) is 17.7 Å². The fourth-order valence-corrected chi connectivity index (χ4v) is 4.95. The Morgan fingerprint density at radius 3 is 2.43 bits per heavy atom. The smallest absolute Gasteiger partial charge is 0.253 e. The molecule has 3 aromatic rings. The summed E-state index contributed by atoms with van der Waals surface area (Å²) in [7, 11) is 0. The molecule has 3 heterocycles. The molecule has 2 aromatic carbocycles. The molecule has 35 heavy (non-hydrogen) atoms. The second-order valence-electron chi connectivity index (χ2n) is 9.40. The molecule has 0 bridgehead atoms. The van der Waals surface area contributed by atoms with E-state index in [9.17, 15) is 14.0 Å². The van der Waals surface area contributed by atoms with Crippen molar-refractivity contribution in [3.05, 3.63) is 89.5 Å². The number of piperidine rings is 1. The predicted molar refractivity (Wildman–Crippen MR) is 134 cm³/mol. The number of likely N-dealkylation sites (tertiary alicyclic amines) is 1. The van der Waals surface area contributed by atoms with Crippen LogP contribution in [-0.2, 0) is 4.79 Å². The van der Waals surface area contributed by atoms with Gasteiger partial charge in [0, 0.05) is 43.6 Å². The minimum Gasteiger partial charge on any atom is -0.368 e. The third-order valence-electron chi connectivity index (χ3n) is 7.08. The van der Waals surface area contributed by atoms with Crippen molar-refractivity contribution in [2.45, 2.75) is 25.7 Å². The first-order valence-electron chi connectivity index (χ1n) is 12.1. The van der Waals surface area contributed by atoms with Gasteiger partial charge < -0.3 is 15.1 Å². The highest BCUT2D eigenvalue weighted by Gasteiger charge is 2.33. The van der Waals surface area contributed by atoms with Crippen LogP contribution in [0.25, 0.3) is 0 Å². The number of aromatic nitrogens is 1. The summed E-state index contributed by atoms with van der Waals surface area (Å²) in [5.41, 5.74) is 4.47. The summed E-state index contributed by atoms with van der Waals surface area (Å²) in [5.74, 6) is -0.140. The summed E-state index contributed by atoms with van der Waals surface area (Å²) in [6.07, 6.45) is 3.50. The van der Waals surface area contributed by atoms with Crippen LogP contribution in [0.1, 0.15) is 40.4 Å². The largest absolute Gasteiger partial charge is 0.368 e. The van der Waals surface area contributed by atoms with Crippen molar-refractivity contribution in [1.82, 2.24) is 9.88 Å². The maximum Gasteiger partial charge on any atom is 0.253 e. The molecule has 2 saturated heterocycles. The summed E-state index contributed by atoms with van der Waals surface area (Å²) in [4.78, 5) is 33.6. The Morgan fingerprint density at radius 2 is 1.74 bits per heavy atom. The van der Waals surface area contributed by atoms with E-state index in [4.69, 9.17) is 0 Å². The van der Waals surface area contributed by atoms with Gasteiger partial charge in [-0.25, -0.2) is 4.39 Å². The Kier molecular flexibility index (Phi) is 6.49. The molecule has 6 nitrogen and oxygen atoms in total. The van der Waals surface area contributed by atoms with Crippen molar-refractivity contribution in [2.24, 2.45) is 5.92 Å². The van der Waals surface area contributed by atoms with Crippen molar-refractivity contribution in [1.29, 1.82) is 0 Å². The molecule has 2 aliphatic heterocycles. The molecular weight excluding hydrogens is 443 g/mol. The zero-order valence-corrected chi connectivity index (χ0v) is 19.8. The average Bonchev–Trinajstić information content (AvgIpc) is 2.84. The Morgan fingerprint density at radius 1 is 1.00 bits per heavy atom. The van der Waals surface area contributed by atoms with Crippen LogP contribution in [0.3, 0.4) is 0 Å². The lowest BCUT2D eigenvalue weighted by Crippen LogP contribution is -2.52. The highest BCUT2D eigenvalue weighted by Crippen LogP contribution is 2.30. The van der Waals surface area contributed by atoms with Gasteiger partial charge in [-0.2, -0.15) is 0 Å². The van der Waals surface area contributed by atoms with E-state index in [0.29, 0.717) is 37.7 Å². The minimum atomic E-state index is -0.392. The van der Waals surface area contributed by atoms with Crippen LogP contribution >= 0.6 is 0 Å². The highest BCUT2D eigenvalue weighted by molar-refractivity contribution is 5.95. The molecule has 0 aliphatic carbocycles. The summed E-state index contributed by atoms with van der Waals surface area (Å²) < 4.78 is 13.5. The molecular formula is C28H29FN4O2. The van der Waals surface area contributed by atoms with Gasteiger partial charge >= 0.3 is 0 Å². The monoisotopic (exact) mass is 472 g/mol. The van der Waals surface area contributed by atoms with E-state index < -0.39 is 5.82 Å². The highest BCUT2D eigenvalue weighted by atomic mass is 19.1. The van der Waals surface area contributed by atoms with Crippen LogP contribution in [0.5, 0.6) is 0 Å². The topological polar surface area (TPSA) is 65.5 Å². The number of hydrogen-bond acceptors (Lipinski definition) is 4.